The van der Waals surface area contributed by atoms with Crippen molar-refractivity contribution in [3.8, 4) is 5.75 Å². The molecule has 1 aromatic carbocycles. The number of phenols is 1. The number of benzene rings is 1. The zero-order valence-electron chi connectivity index (χ0n) is 5.34. The van der Waals surface area contributed by atoms with Crippen molar-refractivity contribution in [1.29, 1.82) is 0 Å². The number of hydrogen-bond donors (Lipinski definition) is 2. The Balaban J connectivity index is 3.07. The number of hydrogen-bond acceptors (Lipinski definition) is 2. The number of rotatable bonds is 1. The van der Waals surface area contributed by atoms with Gasteiger partial charge in [0.25, 0.3) is 0 Å². The molecular formula is C7H8INO. The van der Waals surface area contributed by atoms with E-state index in [0.717, 1.165) is 9.13 Å². The van der Waals surface area contributed by atoms with E-state index >= 15 is 0 Å². The maximum Gasteiger partial charge on any atom is 0.116 e. The predicted molar refractivity (Wildman–Crippen MR) is 48.7 cm³/mol. The molecular weight excluding hydrogens is 241 g/mol. The Labute approximate surface area is 73.2 Å². The van der Waals surface area contributed by atoms with E-state index in [1.165, 1.54) is 0 Å². The fourth-order valence-electron chi connectivity index (χ4n) is 0.702. The zero-order valence-corrected chi connectivity index (χ0v) is 7.50. The second-order valence-electron chi connectivity index (χ2n) is 1.98. The van der Waals surface area contributed by atoms with E-state index in [0.29, 0.717) is 12.3 Å². The molecule has 2 nitrogen and oxygen atoms in total. The van der Waals surface area contributed by atoms with Crippen LogP contribution in [0.1, 0.15) is 5.56 Å². The van der Waals surface area contributed by atoms with E-state index in [1.54, 1.807) is 12.1 Å². The van der Waals surface area contributed by atoms with Gasteiger partial charge in [-0.25, -0.2) is 0 Å². The molecule has 0 aliphatic heterocycles. The predicted octanol–water partition coefficient (Wildman–Crippen LogP) is 1.46. The second-order valence-corrected chi connectivity index (χ2v) is 3.14. The van der Waals surface area contributed by atoms with Crippen molar-refractivity contribution >= 4 is 22.6 Å². The van der Waals surface area contributed by atoms with Gasteiger partial charge in [-0.3, -0.25) is 0 Å². The van der Waals surface area contributed by atoms with Crippen LogP contribution in [0.4, 0.5) is 0 Å². The molecule has 1 rings (SSSR count). The second kappa shape index (κ2) is 3.21. The minimum absolute atomic E-state index is 0.293. The molecule has 0 atom stereocenters. The number of phenolic OH excluding ortho intramolecular Hbond substituents is 1. The quantitative estimate of drug-likeness (QED) is 0.740. The summed E-state index contributed by atoms with van der Waals surface area (Å²) < 4.78 is 1.01. The van der Waals surface area contributed by atoms with Gasteiger partial charge in [-0.15, -0.1) is 0 Å². The molecule has 0 heterocycles. The van der Waals surface area contributed by atoms with Crippen LogP contribution in [0.2, 0.25) is 0 Å². The van der Waals surface area contributed by atoms with Gasteiger partial charge in [0.05, 0.1) is 0 Å². The van der Waals surface area contributed by atoms with Crippen LogP contribution in [0.3, 0.4) is 0 Å². The van der Waals surface area contributed by atoms with Crippen molar-refractivity contribution in [3.63, 3.8) is 0 Å². The van der Waals surface area contributed by atoms with Crippen LogP contribution in [-0.4, -0.2) is 5.11 Å². The van der Waals surface area contributed by atoms with Crippen molar-refractivity contribution < 1.29 is 5.11 Å². The number of nitrogens with two attached hydrogens (primary N) is 1. The van der Waals surface area contributed by atoms with Crippen molar-refractivity contribution in [3.05, 3.63) is 27.3 Å². The van der Waals surface area contributed by atoms with Crippen LogP contribution >= 0.6 is 22.6 Å². The smallest absolute Gasteiger partial charge is 0.116 e. The fraction of sp³-hybridized carbons (Fsp3) is 0.143. The fourth-order valence-corrected chi connectivity index (χ4v) is 1.42. The molecule has 0 aliphatic rings. The van der Waals surface area contributed by atoms with E-state index in [4.69, 9.17) is 10.8 Å². The Morgan fingerprint density at radius 1 is 1.50 bits per heavy atom. The molecule has 0 aliphatic carbocycles. The van der Waals surface area contributed by atoms with Crippen molar-refractivity contribution in [2.24, 2.45) is 5.73 Å². The monoisotopic (exact) mass is 249 g/mol. The van der Waals surface area contributed by atoms with E-state index < -0.39 is 0 Å². The molecule has 0 radical (unpaired) electrons. The summed E-state index contributed by atoms with van der Waals surface area (Å²) in [6.07, 6.45) is 0. The van der Waals surface area contributed by atoms with Gasteiger partial charge in [-0.05, 0) is 40.3 Å². The summed E-state index contributed by atoms with van der Waals surface area (Å²) in [5.41, 5.74) is 6.48. The van der Waals surface area contributed by atoms with Gasteiger partial charge in [-0.2, -0.15) is 0 Å². The summed E-state index contributed by atoms with van der Waals surface area (Å²) >= 11 is 2.15. The lowest BCUT2D eigenvalue weighted by molar-refractivity contribution is 0.474. The van der Waals surface area contributed by atoms with E-state index in [9.17, 15) is 0 Å². The normalized spacial score (nSPS) is 9.80. The lowest BCUT2D eigenvalue weighted by Gasteiger charge is -1.99. The first-order chi connectivity index (χ1) is 4.74. The molecule has 10 heavy (non-hydrogen) atoms. The molecule has 0 spiro atoms. The van der Waals surface area contributed by atoms with Crippen molar-refractivity contribution in [1.82, 2.24) is 0 Å². The van der Waals surface area contributed by atoms with Gasteiger partial charge >= 0.3 is 0 Å². The zero-order chi connectivity index (χ0) is 7.56. The molecule has 0 unspecified atom stereocenters. The summed E-state index contributed by atoms with van der Waals surface area (Å²) in [6, 6.07) is 5.17. The topological polar surface area (TPSA) is 46.2 Å². The van der Waals surface area contributed by atoms with Crippen LogP contribution in [0.25, 0.3) is 0 Å². The molecule has 0 fully saturated rings. The number of aromatic hydroxyl groups is 1. The third-order valence-electron chi connectivity index (χ3n) is 1.26. The summed E-state index contributed by atoms with van der Waals surface area (Å²) in [4.78, 5) is 0. The molecule has 3 N–H and O–H groups in total. The largest absolute Gasteiger partial charge is 0.508 e. The lowest BCUT2D eigenvalue weighted by Crippen LogP contribution is -1.97. The van der Waals surface area contributed by atoms with Crippen LogP contribution in [0.15, 0.2) is 18.2 Å². The Bertz CT molecular complexity index is 237. The average Bonchev–Trinajstić information content (AvgIpc) is 1.88. The molecule has 0 amide bonds. The molecule has 0 aromatic heterocycles. The first-order valence-corrected chi connectivity index (χ1v) is 3.99. The highest BCUT2D eigenvalue weighted by Crippen LogP contribution is 2.17. The third kappa shape index (κ3) is 1.60. The maximum atomic E-state index is 8.99. The first kappa shape index (κ1) is 7.81. The van der Waals surface area contributed by atoms with E-state index in [-0.39, 0.29) is 0 Å². The summed E-state index contributed by atoms with van der Waals surface area (Å²) in [7, 11) is 0. The van der Waals surface area contributed by atoms with Gasteiger partial charge in [0.15, 0.2) is 0 Å². The van der Waals surface area contributed by atoms with Crippen LogP contribution in [-0.2, 0) is 6.54 Å². The average molecular weight is 249 g/mol. The molecule has 1 aromatic rings. The molecule has 0 saturated heterocycles. The summed E-state index contributed by atoms with van der Waals surface area (Å²) in [6.45, 7) is 0.526. The highest BCUT2D eigenvalue weighted by molar-refractivity contribution is 14.1. The molecule has 3 heteroatoms. The van der Waals surface area contributed by atoms with Gasteiger partial charge < -0.3 is 10.8 Å². The summed E-state index contributed by atoms with van der Waals surface area (Å²) in [5, 5.41) is 8.99. The summed E-state index contributed by atoms with van der Waals surface area (Å²) in [5.74, 6) is 0.293. The minimum Gasteiger partial charge on any atom is -0.508 e. The minimum atomic E-state index is 0.293. The van der Waals surface area contributed by atoms with Gasteiger partial charge in [0.1, 0.15) is 5.75 Å². The Morgan fingerprint density at radius 3 is 2.70 bits per heavy atom. The maximum absolute atomic E-state index is 8.99. The standard InChI is InChI=1S/C7H8INO/c8-7-3-6(10)2-1-5(7)4-9/h1-3,10H,4,9H2. The Morgan fingerprint density at radius 2 is 2.20 bits per heavy atom. The van der Waals surface area contributed by atoms with E-state index in [2.05, 4.69) is 22.6 Å². The third-order valence-corrected chi connectivity index (χ3v) is 2.26. The highest BCUT2D eigenvalue weighted by atomic mass is 127. The van der Waals surface area contributed by atoms with Crippen LogP contribution < -0.4 is 5.73 Å². The lowest BCUT2D eigenvalue weighted by atomic mass is 10.2. The Hall–Kier alpha value is -0.290. The van der Waals surface area contributed by atoms with Gasteiger partial charge in [-0.1, -0.05) is 6.07 Å². The van der Waals surface area contributed by atoms with E-state index in [1.807, 2.05) is 6.07 Å². The molecule has 0 saturated carbocycles. The van der Waals surface area contributed by atoms with Crippen LogP contribution in [0.5, 0.6) is 5.75 Å². The molecule has 54 valence electrons. The first-order valence-electron chi connectivity index (χ1n) is 2.91. The SMILES string of the molecule is NCc1ccc(O)cc1I. The number of halogens is 1. The van der Waals surface area contributed by atoms with Crippen molar-refractivity contribution in [2.45, 2.75) is 6.54 Å². The highest BCUT2D eigenvalue weighted by Gasteiger charge is 1.96. The van der Waals surface area contributed by atoms with Gasteiger partial charge in [0.2, 0.25) is 0 Å². The Kier molecular flexibility index (Phi) is 2.50. The van der Waals surface area contributed by atoms with Crippen molar-refractivity contribution in [2.75, 3.05) is 0 Å². The van der Waals surface area contributed by atoms with Gasteiger partial charge in [0, 0.05) is 10.1 Å². The molecule has 0 bridgehead atoms. The van der Waals surface area contributed by atoms with Crippen LogP contribution in [0, 0.1) is 3.57 Å².